The van der Waals surface area contributed by atoms with Crippen LogP contribution in [0.15, 0.2) is 58.0 Å². The zero-order chi connectivity index (χ0) is 23.4. The summed E-state index contributed by atoms with van der Waals surface area (Å²) in [5.74, 6) is 1.29. The molecule has 0 saturated carbocycles. The van der Waals surface area contributed by atoms with E-state index in [-0.39, 0.29) is 11.7 Å². The molecule has 4 rings (SSSR count). The third-order valence-corrected chi connectivity index (χ3v) is 5.52. The number of anilines is 1. The fraction of sp³-hybridized carbons (Fsp3) is 0.240. The second-order valence-corrected chi connectivity index (χ2v) is 7.59. The van der Waals surface area contributed by atoms with Gasteiger partial charge in [-0.15, -0.1) is 0 Å². The van der Waals surface area contributed by atoms with E-state index in [1.54, 1.807) is 49.6 Å². The number of methoxy groups -OCH3 is 2. The lowest BCUT2D eigenvalue weighted by Gasteiger charge is -2.13. The van der Waals surface area contributed by atoms with Gasteiger partial charge in [0.25, 0.3) is 11.8 Å². The van der Waals surface area contributed by atoms with E-state index >= 15 is 0 Å². The number of amides is 2. The molecule has 1 aliphatic carbocycles. The van der Waals surface area contributed by atoms with Crippen molar-refractivity contribution < 1.29 is 23.5 Å². The average Bonchev–Trinajstić information content (AvgIpc) is 3.20. The number of carbonyl (C=O) groups is 2. The molecule has 0 bridgehead atoms. The molecule has 170 valence electrons. The van der Waals surface area contributed by atoms with Gasteiger partial charge in [-0.2, -0.15) is 5.10 Å². The van der Waals surface area contributed by atoms with Crippen LogP contribution in [-0.4, -0.2) is 31.7 Å². The fourth-order valence-electron chi connectivity index (χ4n) is 3.86. The van der Waals surface area contributed by atoms with Gasteiger partial charge in [0.2, 0.25) is 0 Å². The Morgan fingerprint density at radius 1 is 1.00 bits per heavy atom. The predicted octanol–water partition coefficient (Wildman–Crippen LogP) is 4.33. The Bertz CT molecular complexity index is 1210. The number of ether oxygens (including phenoxy) is 2. The Morgan fingerprint density at radius 2 is 1.79 bits per heavy atom. The molecule has 33 heavy (non-hydrogen) atoms. The number of rotatable bonds is 6. The maximum atomic E-state index is 13.1. The van der Waals surface area contributed by atoms with Gasteiger partial charge in [0.1, 0.15) is 17.3 Å². The monoisotopic (exact) mass is 447 g/mol. The molecule has 1 aliphatic rings. The molecule has 0 unspecified atom stereocenters. The van der Waals surface area contributed by atoms with Gasteiger partial charge in [0.05, 0.1) is 25.6 Å². The number of nitrogens with one attached hydrogen (secondary N) is 2. The summed E-state index contributed by atoms with van der Waals surface area (Å²) in [5, 5.41) is 7.20. The van der Waals surface area contributed by atoms with Gasteiger partial charge in [0.15, 0.2) is 5.76 Å². The van der Waals surface area contributed by atoms with Crippen LogP contribution in [-0.2, 0) is 6.42 Å². The Balaban J connectivity index is 1.59. The number of furan rings is 1. The predicted molar refractivity (Wildman–Crippen MR) is 124 cm³/mol. The van der Waals surface area contributed by atoms with E-state index in [0.717, 1.165) is 12.0 Å². The highest BCUT2D eigenvalue weighted by Crippen LogP contribution is 2.32. The standard InChI is InChI=1S/C25H25N3O5/c1-15-22-18(27-28-24(29)16-8-5-4-6-9-16)10-7-11-21(22)33-23(15)25(30)26-19-14-17(31-2)12-13-20(19)32-3/h4-6,8-9,12-14H,7,10-11H2,1-3H3,(H,26,30)(H,28,29)/b27-18+. The van der Waals surface area contributed by atoms with E-state index < -0.39 is 5.91 Å². The van der Waals surface area contributed by atoms with Gasteiger partial charge in [-0.05, 0) is 44.0 Å². The lowest BCUT2D eigenvalue weighted by molar-refractivity contribution is 0.0953. The number of hydrazone groups is 1. The first-order valence-electron chi connectivity index (χ1n) is 10.6. The van der Waals surface area contributed by atoms with Gasteiger partial charge in [-0.25, -0.2) is 5.43 Å². The summed E-state index contributed by atoms with van der Waals surface area (Å²) < 4.78 is 16.5. The first kappa shape index (κ1) is 22.1. The van der Waals surface area contributed by atoms with E-state index in [2.05, 4.69) is 15.8 Å². The number of hydrogen-bond acceptors (Lipinski definition) is 6. The molecule has 3 aromatic rings. The minimum Gasteiger partial charge on any atom is -0.497 e. The molecule has 8 heteroatoms. The normalized spacial score (nSPS) is 13.8. The third kappa shape index (κ3) is 4.59. The van der Waals surface area contributed by atoms with Crippen molar-refractivity contribution in [1.29, 1.82) is 0 Å². The fourth-order valence-corrected chi connectivity index (χ4v) is 3.86. The summed E-state index contributed by atoms with van der Waals surface area (Å²) in [6.07, 6.45) is 2.18. The third-order valence-electron chi connectivity index (χ3n) is 5.52. The summed E-state index contributed by atoms with van der Waals surface area (Å²) in [4.78, 5) is 25.5. The minimum atomic E-state index is -0.402. The van der Waals surface area contributed by atoms with Crippen LogP contribution in [0.3, 0.4) is 0 Å². The first-order valence-corrected chi connectivity index (χ1v) is 10.6. The second-order valence-electron chi connectivity index (χ2n) is 7.59. The molecule has 0 radical (unpaired) electrons. The molecule has 0 saturated heterocycles. The summed E-state index contributed by atoms with van der Waals surface area (Å²) in [6.45, 7) is 1.82. The SMILES string of the molecule is COc1ccc(OC)c(NC(=O)c2oc3c(c2C)/C(=N/NC(=O)c2ccccc2)CCC3)c1. The largest absolute Gasteiger partial charge is 0.497 e. The lowest BCUT2D eigenvalue weighted by Crippen LogP contribution is -2.22. The van der Waals surface area contributed by atoms with Gasteiger partial charge in [0, 0.05) is 29.2 Å². The van der Waals surface area contributed by atoms with Crippen LogP contribution >= 0.6 is 0 Å². The number of aryl methyl sites for hydroxylation is 1. The Hall–Kier alpha value is -4.07. The zero-order valence-corrected chi connectivity index (χ0v) is 18.7. The Morgan fingerprint density at radius 3 is 2.52 bits per heavy atom. The molecule has 0 fully saturated rings. The van der Waals surface area contributed by atoms with Gasteiger partial charge >= 0.3 is 0 Å². The van der Waals surface area contributed by atoms with E-state index in [1.807, 2.05) is 13.0 Å². The highest BCUT2D eigenvalue weighted by Gasteiger charge is 2.28. The van der Waals surface area contributed by atoms with Crippen molar-refractivity contribution in [3.05, 3.63) is 76.7 Å². The highest BCUT2D eigenvalue weighted by atomic mass is 16.5. The minimum absolute atomic E-state index is 0.203. The summed E-state index contributed by atoms with van der Waals surface area (Å²) >= 11 is 0. The van der Waals surface area contributed by atoms with E-state index in [9.17, 15) is 9.59 Å². The molecule has 0 aliphatic heterocycles. The van der Waals surface area contributed by atoms with Gasteiger partial charge < -0.3 is 19.2 Å². The number of hydrogen-bond donors (Lipinski definition) is 2. The molecule has 2 aromatic carbocycles. The molecule has 8 nitrogen and oxygen atoms in total. The molecular formula is C25H25N3O5. The second kappa shape index (κ2) is 9.60. The van der Waals surface area contributed by atoms with Crippen molar-refractivity contribution in [2.75, 3.05) is 19.5 Å². The van der Waals surface area contributed by atoms with Gasteiger partial charge in [-0.1, -0.05) is 18.2 Å². The zero-order valence-electron chi connectivity index (χ0n) is 18.7. The highest BCUT2D eigenvalue weighted by molar-refractivity contribution is 6.10. The van der Waals surface area contributed by atoms with Crippen LogP contribution < -0.4 is 20.2 Å². The van der Waals surface area contributed by atoms with Crippen LogP contribution in [0.1, 0.15) is 50.6 Å². The molecule has 0 spiro atoms. The number of carbonyl (C=O) groups excluding carboxylic acids is 2. The van der Waals surface area contributed by atoms with Crippen molar-refractivity contribution in [2.24, 2.45) is 5.10 Å². The smallest absolute Gasteiger partial charge is 0.291 e. The molecule has 0 atom stereocenters. The molecule has 1 heterocycles. The molecule has 2 N–H and O–H groups in total. The number of nitrogens with zero attached hydrogens (tertiary/aromatic N) is 1. The van der Waals surface area contributed by atoms with Crippen LogP contribution in [0, 0.1) is 6.92 Å². The van der Waals surface area contributed by atoms with Crippen molar-refractivity contribution in [2.45, 2.75) is 26.2 Å². The van der Waals surface area contributed by atoms with Crippen molar-refractivity contribution in [3.63, 3.8) is 0 Å². The maximum absolute atomic E-state index is 13.1. The van der Waals surface area contributed by atoms with Gasteiger partial charge in [-0.3, -0.25) is 9.59 Å². The first-order chi connectivity index (χ1) is 16.0. The molecule has 1 aromatic heterocycles. The van der Waals surface area contributed by atoms with Crippen molar-refractivity contribution in [1.82, 2.24) is 5.43 Å². The van der Waals surface area contributed by atoms with E-state index in [4.69, 9.17) is 13.9 Å². The number of benzene rings is 2. The number of fused-ring (bicyclic) bond motifs is 1. The Kier molecular flexibility index (Phi) is 6.44. The average molecular weight is 447 g/mol. The summed E-state index contributed by atoms with van der Waals surface area (Å²) in [5.41, 5.74) is 5.76. The molecular weight excluding hydrogens is 422 g/mol. The quantitative estimate of drug-likeness (QED) is 0.548. The van der Waals surface area contributed by atoms with E-state index in [1.165, 1.54) is 7.11 Å². The Labute approximate surface area is 191 Å². The van der Waals surface area contributed by atoms with Crippen LogP contribution in [0.4, 0.5) is 5.69 Å². The van der Waals surface area contributed by atoms with E-state index in [0.29, 0.717) is 52.6 Å². The van der Waals surface area contributed by atoms with Crippen molar-refractivity contribution >= 4 is 23.2 Å². The topological polar surface area (TPSA) is 102 Å². The summed E-state index contributed by atoms with van der Waals surface area (Å²) in [6, 6.07) is 14.0. The summed E-state index contributed by atoms with van der Waals surface area (Å²) in [7, 11) is 3.08. The molecule has 2 amide bonds. The van der Waals surface area contributed by atoms with Crippen LogP contribution in [0.2, 0.25) is 0 Å². The maximum Gasteiger partial charge on any atom is 0.291 e. The van der Waals surface area contributed by atoms with Crippen LogP contribution in [0.25, 0.3) is 0 Å². The van der Waals surface area contributed by atoms with Crippen LogP contribution in [0.5, 0.6) is 11.5 Å². The van der Waals surface area contributed by atoms with Crippen molar-refractivity contribution in [3.8, 4) is 11.5 Å². The lowest BCUT2D eigenvalue weighted by atomic mass is 9.93.